The van der Waals surface area contributed by atoms with Crippen LogP contribution in [0.15, 0.2) is 42.7 Å². The maximum absolute atomic E-state index is 15.0. The first kappa shape index (κ1) is 23.5. The quantitative estimate of drug-likeness (QED) is 0.361. The van der Waals surface area contributed by atoms with Gasteiger partial charge < -0.3 is 25.5 Å². The number of pyridine rings is 2. The van der Waals surface area contributed by atoms with E-state index in [-0.39, 0.29) is 11.5 Å². The van der Waals surface area contributed by atoms with Crippen molar-refractivity contribution in [1.29, 1.82) is 0 Å². The Morgan fingerprint density at radius 3 is 2.75 bits per heavy atom. The Morgan fingerprint density at radius 1 is 1.14 bits per heavy atom. The van der Waals surface area contributed by atoms with Gasteiger partial charge in [0.05, 0.1) is 22.3 Å². The molecule has 2 fully saturated rings. The minimum Gasteiger partial charge on any atom is -0.383 e. The minimum absolute atomic E-state index is 0.208. The SMILES string of the molecule is CC1(C)O[C@@H]2[C@@](C)(CCc3ccc4cc(Cl)c(N)nc4c3)CC[C@]2(n2ccc3c(N)ncc(F)c32)O1. The molecular formula is C27H29ClFN5O2. The number of rotatable bonds is 4. The van der Waals surface area contributed by atoms with Gasteiger partial charge in [-0.3, -0.25) is 0 Å². The van der Waals surface area contributed by atoms with Gasteiger partial charge in [0.2, 0.25) is 0 Å². The summed E-state index contributed by atoms with van der Waals surface area (Å²) < 4.78 is 30.1. The van der Waals surface area contributed by atoms with E-state index in [0.29, 0.717) is 34.0 Å². The average Bonchev–Trinajstić information content (AvgIpc) is 3.47. The third-order valence-corrected chi connectivity index (χ3v) is 8.18. The first-order valence-electron chi connectivity index (χ1n) is 12.2. The molecule has 0 amide bonds. The zero-order chi connectivity index (χ0) is 25.5. The van der Waals surface area contributed by atoms with Crippen LogP contribution in [0.4, 0.5) is 16.0 Å². The van der Waals surface area contributed by atoms with E-state index in [1.54, 1.807) is 6.07 Å². The zero-order valence-electron chi connectivity index (χ0n) is 20.5. The van der Waals surface area contributed by atoms with Crippen LogP contribution in [0.5, 0.6) is 0 Å². The van der Waals surface area contributed by atoms with Crippen LogP contribution in [0.3, 0.4) is 0 Å². The maximum Gasteiger partial charge on any atom is 0.175 e. The molecule has 4 N–H and O–H groups in total. The minimum atomic E-state index is -0.842. The number of hydrogen-bond donors (Lipinski definition) is 2. The number of nitrogens with two attached hydrogens (primary N) is 2. The van der Waals surface area contributed by atoms with Gasteiger partial charge in [-0.05, 0) is 68.7 Å². The first-order chi connectivity index (χ1) is 17.0. The molecule has 0 unspecified atom stereocenters. The highest BCUT2D eigenvalue weighted by Gasteiger charge is 2.65. The predicted octanol–water partition coefficient (Wildman–Crippen LogP) is 5.78. The van der Waals surface area contributed by atoms with Gasteiger partial charge in [0.1, 0.15) is 17.7 Å². The summed E-state index contributed by atoms with van der Waals surface area (Å²) in [6.07, 6.45) is 5.98. The van der Waals surface area contributed by atoms with Crippen LogP contribution in [-0.2, 0) is 21.6 Å². The number of hydrogen-bond acceptors (Lipinski definition) is 6. The molecule has 1 saturated heterocycles. The molecule has 0 radical (unpaired) electrons. The zero-order valence-corrected chi connectivity index (χ0v) is 21.3. The molecule has 3 aromatic heterocycles. The topological polar surface area (TPSA) is 101 Å². The Hall–Kier alpha value is -2.94. The largest absolute Gasteiger partial charge is 0.383 e. The van der Waals surface area contributed by atoms with Crippen LogP contribution in [0.1, 0.15) is 45.6 Å². The van der Waals surface area contributed by atoms with Crippen molar-refractivity contribution in [2.24, 2.45) is 5.41 Å². The third kappa shape index (κ3) is 3.46. The molecule has 1 aliphatic heterocycles. The van der Waals surface area contributed by atoms with E-state index in [1.807, 2.05) is 36.7 Å². The smallest absolute Gasteiger partial charge is 0.175 e. The van der Waals surface area contributed by atoms with E-state index >= 15 is 4.39 Å². The molecule has 1 aromatic carbocycles. The number of aromatic nitrogens is 3. The Kier molecular flexibility index (Phi) is 5.07. The molecule has 9 heteroatoms. The fraction of sp³-hybridized carbons (Fsp3) is 0.407. The summed E-state index contributed by atoms with van der Waals surface area (Å²) in [5, 5.41) is 1.99. The van der Waals surface area contributed by atoms with Crippen molar-refractivity contribution in [1.82, 2.24) is 14.5 Å². The number of nitrogens with zero attached hydrogens (tertiary/aromatic N) is 3. The van der Waals surface area contributed by atoms with Crippen molar-refractivity contribution in [3.8, 4) is 0 Å². The monoisotopic (exact) mass is 509 g/mol. The van der Waals surface area contributed by atoms with Crippen molar-refractivity contribution in [3.63, 3.8) is 0 Å². The van der Waals surface area contributed by atoms with Gasteiger partial charge in [-0.2, -0.15) is 0 Å². The fourth-order valence-corrected chi connectivity index (χ4v) is 6.30. The molecule has 36 heavy (non-hydrogen) atoms. The fourth-order valence-electron chi connectivity index (χ4n) is 6.14. The second-order valence-electron chi connectivity index (χ2n) is 10.8. The molecule has 4 heterocycles. The summed E-state index contributed by atoms with van der Waals surface area (Å²) in [6, 6.07) is 9.83. The standard InChI is InChI=1S/C27H29ClFN5O2/c1-25(2)35-24-26(3,8-6-15-4-5-16-13-18(28)23(31)33-20(16)12-15)9-10-27(24,36-25)34-11-7-17-21(34)19(29)14-32-22(17)30/h4-5,7,11-14,24H,6,8-10H2,1-3H3,(H2,30,32)(H2,31,33)/t24-,26+,27+/m1/s1. The Labute approximate surface area is 213 Å². The molecule has 2 aliphatic rings. The summed E-state index contributed by atoms with van der Waals surface area (Å²) in [7, 11) is 0. The normalized spacial score (nSPS) is 27.2. The molecule has 0 spiro atoms. The van der Waals surface area contributed by atoms with E-state index < -0.39 is 17.3 Å². The van der Waals surface area contributed by atoms with Gasteiger partial charge in [-0.25, -0.2) is 14.4 Å². The van der Waals surface area contributed by atoms with E-state index in [1.165, 1.54) is 6.20 Å². The number of halogens is 2. The van der Waals surface area contributed by atoms with Crippen molar-refractivity contribution < 1.29 is 13.9 Å². The molecule has 3 atom stereocenters. The van der Waals surface area contributed by atoms with E-state index in [2.05, 4.69) is 29.0 Å². The van der Waals surface area contributed by atoms with Gasteiger partial charge in [0.15, 0.2) is 17.3 Å². The van der Waals surface area contributed by atoms with Crippen molar-refractivity contribution in [3.05, 3.63) is 59.1 Å². The Balaban J connectivity index is 1.35. The summed E-state index contributed by atoms with van der Waals surface area (Å²) in [5.41, 5.74) is 13.3. The molecule has 188 valence electrons. The summed E-state index contributed by atoms with van der Waals surface area (Å²) >= 11 is 6.13. The highest BCUT2D eigenvalue weighted by molar-refractivity contribution is 6.33. The van der Waals surface area contributed by atoms with Crippen molar-refractivity contribution >= 4 is 45.0 Å². The van der Waals surface area contributed by atoms with Gasteiger partial charge >= 0.3 is 0 Å². The lowest BCUT2D eigenvalue weighted by molar-refractivity contribution is -0.189. The Morgan fingerprint density at radius 2 is 1.94 bits per heavy atom. The van der Waals surface area contributed by atoms with Crippen LogP contribution in [0.25, 0.3) is 21.8 Å². The number of nitrogen functional groups attached to an aromatic ring is 2. The lowest BCUT2D eigenvalue weighted by Crippen LogP contribution is -2.44. The van der Waals surface area contributed by atoms with Gasteiger partial charge in [-0.1, -0.05) is 30.7 Å². The molecular weight excluding hydrogens is 481 g/mol. The third-order valence-electron chi connectivity index (χ3n) is 7.88. The lowest BCUT2D eigenvalue weighted by atomic mass is 9.79. The number of aryl methyl sites for hydroxylation is 1. The molecule has 4 aromatic rings. The molecule has 1 aliphatic carbocycles. The number of ether oxygens (including phenoxy) is 2. The predicted molar refractivity (Wildman–Crippen MR) is 139 cm³/mol. The van der Waals surface area contributed by atoms with E-state index in [0.717, 1.165) is 35.7 Å². The summed E-state index contributed by atoms with van der Waals surface area (Å²) in [4.78, 5) is 8.42. The lowest BCUT2D eigenvalue weighted by Gasteiger charge is -2.35. The van der Waals surface area contributed by atoms with Crippen molar-refractivity contribution in [2.75, 3.05) is 11.5 Å². The number of benzene rings is 1. The van der Waals surface area contributed by atoms with Crippen LogP contribution < -0.4 is 11.5 Å². The summed E-state index contributed by atoms with van der Waals surface area (Å²) in [6.45, 7) is 6.06. The first-order valence-corrected chi connectivity index (χ1v) is 12.5. The van der Waals surface area contributed by atoms with Crippen molar-refractivity contribution in [2.45, 2.75) is 64.1 Å². The van der Waals surface area contributed by atoms with Crippen LogP contribution in [-0.4, -0.2) is 26.4 Å². The van der Waals surface area contributed by atoms with Gasteiger partial charge in [0, 0.05) is 17.0 Å². The highest BCUT2D eigenvalue weighted by Crippen LogP contribution is 2.59. The molecule has 0 bridgehead atoms. The average molecular weight is 510 g/mol. The van der Waals surface area contributed by atoms with Crippen LogP contribution in [0.2, 0.25) is 5.02 Å². The second-order valence-corrected chi connectivity index (χ2v) is 11.2. The van der Waals surface area contributed by atoms with Gasteiger partial charge in [0.25, 0.3) is 0 Å². The Bertz CT molecular complexity index is 1520. The summed E-state index contributed by atoms with van der Waals surface area (Å²) in [5.74, 6) is -0.623. The second kappa shape index (κ2) is 7.78. The highest BCUT2D eigenvalue weighted by atomic mass is 35.5. The van der Waals surface area contributed by atoms with E-state index in [9.17, 15) is 0 Å². The molecule has 1 saturated carbocycles. The molecule has 6 rings (SSSR count). The number of anilines is 2. The van der Waals surface area contributed by atoms with Crippen LogP contribution >= 0.6 is 11.6 Å². The van der Waals surface area contributed by atoms with Gasteiger partial charge in [-0.15, -0.1) is 0 Å². The van der Waals surface area contributed by atoms with E-state index in [4.69, 9.17) is 32.5 Å². The molecule has 7 nitrogen and oxygen atoms in total. The number of fused-ring (bicyclic) bond motifs is 3. The van der Waals surface area contributed by atoms with Crippen LogP contribution in [0, 0.1) is 11.2 Å². The maximum atomic E-state index is 15.0.